The normalized spacial score (nSPS) is 17.2. The van der Waals surface area contributed by atoms with Crippen molar-refractivity contribution >= 4 is 44.4 Å². The number of nitrogen functional groups attached to an aromatic ring is 1. The molecule has 0 spiro atoms. The largest absolute Gasteiger partial charge is 0.382 e. The molecule has 0 amide bonds. The zero-order chi connectivity index (χ0) is 24.3. The molecule has 3 N–H and O–H groups in total. The van der Waals surface area contributed by atoms with Gasteiger partial charge >= 0.3 is 6.34 Å². The highest BCUT2D eigenvalue weighted by Crippen LogP contribution is 2.30. The number of sulfonamides is 1. The van der Waals surface area contributed by atoms with Crippen molar-refractivity contribution in [2.45, 2.75) is 25.3 Å². The number of nitrogens with two attached hydrogens (primary N) is 1. The minimum absolute atomic E-state index is 0.0338. The van der Waals surface area contributed by atoms with E-state index < -0.39 is 33.0 Å². The van der Waals surface area contributed by atoms with E-state index in [1.165, 1.54) is 10.4 Å². The molecule has 2 aromatic rings. The molecule has 1 saturated heterocycles. The van der Waals surface area contributed by atoms with E-state index in [-0.39, 0.29) is 22.5 Å². The van der Waals surface area contributed by atoms with Gasteiger partial charge in [-0.3, -0.25) is 4.79 Å². The van der Waals surface area contributed by atoms with Gasteiger partial charge in [-0.2, -0.15) is 0 Å². The number of azo groups is 2. The number of nitrogens with one attached hydrogen (secondary N) is 1. The number of carbonyl (C=O) groups excluding carboxylic acids is 1. The van der Waals surface area contributed by atoms with Crippen LogP contribution in [0.1, 0.15) is 34.5 Å². The Kier molecular flexibility index (Phi) is 7.28. The van der Waals surface area contributed by atoms with E-state index in [1.807, 2.05) is 0 Å². The standard InChI is InChI=1S/C20H23F2N7O3S2/c21-14-3-1-4-15(22)16(14)17(30)18-19(23)27-20(33-18)26-13-5-8-29(9-6-13)34(31,32)10-2-7-28-12-24-11-25-28/h1,3-4,12-13H,2,5-11H2,(H2-,23,26,27,30)/p+1. The number of ketones is 1. The highest BCUT2D eigenvalue weighted by molar-refractivity contribution is 7.89. The molecule has 2 aliphatic rings. The van der Waals surface area contributed by atoms with Crippen LogP contribution in [0.15, 0.2) is 28.3 Å². The Morgan fingerprint density at radius 2 is 1.97 bits per heavy atom. The minimum atomic E-state index is -3.38. The molecule has 0 radical (unpaired) electrons. The van der Waals surface area contributed by atoms with E-state index in [1.54, 1.807) is 11.0 Å². The molecule has 1 aromatic heterocycles. The van der Waals surface area contributed by atoms with Gasteiger partial charge in [-0.25, -0.2) is 26.5 Å². The maximum Gasteiger partial charge on any atom is 0.302 e. The molecule has 0 bridgehead atoms. The number of rotatable bonds is 9. The lowest BCUT2D eigenvalue weighted by atomic mass is 10.1. The third-order valence-corrected chi connectivity index (χ3v) is 8.51. The van der Waals surface area contributed by atoms with Gasteiger partial charge in [0.1, 0.15) is 28.9 Å². The molecule has 34 heavy (non-hydrogen) atoms. The Hall–Kier alpha value is -2.84. The Balaban J connectivity index is 1.32. The number of anilines is 2. The van der Waals surface area contributed by atoms with Crippen molar-refractivity contribution in [3.8, 4) is 0 Å². The summed E-state index contributed by atoms with van der Waals surface area (Å²) in [5.74, 6) is -2.89. The van der Waals surface area contributed by atoms with Gasteiger partial charge in [-0.05, 0) is 25.0 Å². The molecule has 0 aliphatic carbocycles. The number of halogens is 2. The third-order valence-electron chi connectivity index (χ3n) is 5.56. The first-order valence-electron chi connectivity index (χ1n) is 10.7. The van der Waals surface area contributed by atoms with E-state index in [0.717, 1.165) is 23.5 Å². The highest BCUT2D eigenvalue weighted by atomic mass is 32.2. The zero-order valence-electron chi connectivity index (χ0n) is 18.2. The maximum absolute atomic E-state index is 14.0. The van der Waals surface area contributed by atoms with Gasteiger partial charge in [0, 0.05) is 25.6 Å². The van der Waals surface area contributed by atoms with Crippen LogP contribution in [0.3, 0.4) is 0 Å². The number of nitrogens with zero attached hydrogens (tertiary/aromatic N) is 5. The monoisotopic (exact) mass is 512 g/mol. The summed E-state index contributed by atoms with van der Waals surface area (Å²) >= 11 is 0.917. The average Bonchev–Trinajstić information content (AvgIpc) is 3.43. The molecule has 3 heterocycles. The van der Waals surface area contributed by atoms with Crippen LogP contribution in [-0.4, -0.2) is 72.6 Å². The SMILES string of the molecule is Nc1nc(NC2CCN(S(=O)(=O)CCC[N+]3=NCN=C3)CC2)sc1C(=O)c1c(F)cccc1F. The topological polar surface area (TPSA) is 133 Å². The number of benzene rings is 1. The summed E-state index contributed by atoms with van der Waals surface area (Å²) in [5.41, 5.74) is 5.17. The average molecular weight is 513 g/mol. The Labute approximate surface area is 199 Å². The zero-order valence-corrected chi connectivity index (χ0v) is 19.8. The molecule has 4 rings (SSSR count). The molecule has 0 saturated carbocycles. The maximum atomic E-state index is 14.0. The molecule has 182 valence electrons. The van der Waals surface area contributed by atoms with Crippen molar-refractivity contribution in [2.24, 2.45) is 10.1 Å². The fourth-order valence-corrected chi connectivity index (χ4v) is 6.22. The minimum Gasteiger partial charge on any atom is -0.382 e. The van der Waals surface area contributed by atoms with Crippen LogP contribution in [-0.2, 0) is 10.0 Å². The van der Waals surface area contributed by atoms with Crippen LogP contribution in [0.2, 0.25) is 0 Å². The van der Waals surface area contributed by atoms with Crippen LogP contribution < -0.4 is 11.1 Å². The molecule has 1 aromatic carbocycles. The lowest BCUT2D eigenvalue weighted by molar-refractivity contribution is -0.468. The van der Waals surface area contributed by atoms with Gasteiger partial charge < -0.3 is 11.1 Å². The van der Waals surface area contributed by atoms with Gasteiger partial charge in [-0.1, -0.05) is 27.5 Å². The van der Waals surface area contributed by atoms with E-state index in [0.29, 0.717) is 50.7 Å². The summed E-state index contributed by atoms with van der Waals surface area (Å²) in [7, 11) is -3.38. The Morgan fingerprint density at radius 1 is 1.26 bits per heavy atom. The lowest BCUT2D eigenvalue weighted by Gasteiger charge is -2.31. The summed E-state index contributed by atoms with van der Waals surface area (Å²) in [6.07, 6.45) is 3.13. The van der Waals surface area contributed by atoms with E-state index in [2.05, 4.69) is 20.4 Å². The molecule has 2 aliphatic heterocycles. The fraction of sp³-hybridized carbons (Fsp3) is 0.450. The number of thiazole rings is 1. The van der Waals surface area contributed by atoms with Gasteiger partial charge in [0.2, 0.25) is 15.8 Å². The van der Waals surface area contributed by atoms with Gasteiger partial charge in [0.15, 0.2) is 5.13 Å². The lowest BCUT2D eigenvalue weighted by Crippen LogP contribution is -2.43. The van der Waals surface area contributed by atoms with Crippen LogP contribution in [0.5, 0.6) is 0 Å². The third kappa shape index (κ3) is 5.45. The van der Waals surface area contributed by atoms with Gasteiger partial charge in [-0.15, -0.1) is 4.70 Å². The molecule has 10 nitrogen and oxygen atoms in total. The summed E-state index contributed by atoms with van der Waals surface area (Å²) in [6, 6.07) is 3.11. The fourth-order valence-electron chi connectivity index (χ4n) is 3.79. The summed E-state index contributed by atoms with van der Waals surface area (Å²) < 4.78 is 56.4. The van der Waals surface area contributed by atoms with Crippen molar-refractivity contribution in [3.05, 3.63) is 40.3 Å². The number of piperidine rings is 1. The molecule has 0 atom stereocenters. The highest BCUT2D eigenvalue weighted by Gasteiger charge is 2.29. The summed E-state index contributed by atoms with van der Waals surface area (Å²) in [4.78, 5) is 20.7. The molecular weight excluding hydrogens is 488 g/mol. The number of aromatic nitrogens is 1. The second kappa shape index (κ2) is 10.2. The Morgan fingerprint density at radius 3 is 2.62 bits per heavy atom. The quantitative estimate of drug-likeness (QED) is 0.391. The van der Waals surface area contributed by atoms with Crippen LogP contribution in [0, 0.1) is 11.6 Å². The smallest absolute Gasteiger partial charge is 0.302 e. The van der Waals surface area contributed by atoms with Crippen LogP contribution in [0.25, 0.3) is 0 Å². The number of carbonyl (C=O) groups is 1. The molecule has 14 heteroatoms. The van der Waals surface area contributed by atoms with Crippen molar-refractivity contribution in [1.82, 2.24) is 9.29 Å². The molecule has 1 fully saturated rings. The number of hydrogen-bond donors (Lipinski definition) is 2. The van der Waals surface area contributed by atoms with Crippen LogP contribution in [0.4, 0.5) is 19.7 Å². The number of aliphatic imine (C=N–C) groups is 1. The van der Waals surface area contributed by atoms with Crippen molar-refractivity contribution in [3.63, 3.8) is 0 Å². The summed E-state index contributed by atoms with van der Waals surface area (Å²) in [5, 5.41) is 7.59. The van der Waals surface area contributed by atoms with E-state index in [9.17, 15) is 22.0 Å². The first-order valence-corrected chi connectivity index (χ1v) is 13.1. The first-order chi connectivity index (χ1) is 16.2. The summed E-state index contributed by atoms with van der Waals surface area (Å²) in [6.45, 7) is 1.59. The predicted molar refractivity (Wildman–Crippen MR) is 124 cm³/mol. The second-order valence-corrected chi connectivity index (χ2v) is 11.0. The molecule has 0 unspecified atom stereocenters. The van der Waals surface area contributed by atoms with Crippen molar-refractivity contribution in [2.75, 3.05) is 43.1 Å². The second-order valence-electron chi connectivity index (χ2n) is 7.89. The number of hydrogen-bond acceptors (Lipinski definition) is 9. The van der Waals surface area contributed by atoms with Gasteiger partial charge in [0.05, 0.1) is 11.3 Å². The Bertz CT molecular complexity index is 1220. The van der Waals surface area contributed by atoms with Crippen LogP contribution >= 0.6 is 11.3 Å². The van der Waals surface area contributed by atoms with Crippen molar-refractivity contribution in [1.29, 1.82) is 0 Å². The van der Waals surface area contributed by atoms with Gasteiger partial charge in [0.25, 0.3) is 6.67 Å². The van der Waals surface area contributed by atoms with E-state index in [4.69, 9.17) is 5.73 Å². The van der Waals surface area contributed by atoms with E-state index >= 15 is 0 Å². The van der Waals surface area contributed by atoms with Crippen molar-refractivity contribution < 1.29 is 26.7 Å². The molecular formula is C20H24F2N7O3S2+. The predicted octanol–water partition coefficient (Wildman–Crippen LogP) is 2.29. The first kappa shape index (κ1) is 24.3.